The van der Waals surface area contributed by atoms with Crippen LogP contribution in [-0.4, -0.2) is 6.29 Å². The Morgan fingerprint density at radius 1 is 0.944 bits per heavy atom. The summed E-state index contributed by atoms with van der Waals surface area (Å²) >= 11 is 3.42. The topological polar surface area (TPSA) is 17.1 Å². The molecular formula is C16H23BrO. The molecule has 1 nitrogen and oxygen atoms in total. The van der Waals surface area contributed by atoms with Gasteiger partial charge in [0, 0.05) is 0 Å². The van der Waals surface area contributed by atoms with Gasteiger partial charge in [-0.2, -0.15) is 0 Å². The predicted molar refractivity (Wildman–Crippen MR) is 81.6 cm³/mol. The van der Waals surface area contributed by atoms with Crippen molar-refractivity contribution < 1.29 is 4.79 Å². The Hall–Kier alpha value is -0.630. The normalized spacial score (nSPS) is 14.4. The molecule has 2 heteroatoms. The lowest BCUT2D eigenvalue weighted by Crippen LogP contribution is -2.17. The van der Waals surface area contributed by atoms with Gasteiger partial charge in [-0.3, -0.25) is 0 Å². The van der Waals surface area contributed by atoms with Gasteiger partial charge in [0.1, 0.15) is 6.29 Å². The highest BCUT2D eigenvalue weighted by Crippen LogP contribution is 2.33. The van der Waals surface area contributed by atoms with Crippen molar-refractivity contribution in [3.05, 3.63) is 34.9 Å². The van der Waals surface area contributed by atoms with E-state index in [2.05, 4.69) is 75.7 Å². The minimum Gasteiger partial charge on any atom is -0.302 e. The lowest BCUT2D eigenvalue weighted by molar-refractivity contribution is -0.107. The molecule has 0 spiro atoms. The van der Waals surface area contributed by atoms with Gasteiger partial charge in [-0.05, 0) is 27.5 Å². The van der Waals surface area contributed by atoms with Crippen molar-refractivity contribution in [1.82, 2.24) is 0 Å². The standard InChI is InChI=1S/C16H23BrO/c1-15(2,3)12-7-11(14(17)10-18)8-13(9-12)16(4,5)6/h7-10,14H,1-6H3. The number of alkyl halides is 1. The second kappa shape index (κ2) is 5.16. The second-order valence-corrected chi connectivity index (χ2v) is 7.87. The molecule has 100 valence electrons. The molecule has 0 aliphatic carbocycles. The Labute approximate surface area is 119 Å². The zero-order chi connectivity index (χ0) is 14.1. The SMILES string of the molecule is CC(C)(C)c1cc(C(Br)C=O)cc(C(C)(C)C)c1. The smallest absolute Gasteiger partial charge is 0.138 e. The van der Waals surface area contributed by atoms with Gasteiger partial charge in [0.05, 0.1) is 4.83 Å². The van der Waals surface area contributed by atoms with Gasteiger partial charge in [-0.1, -0.05) is 75.7 Å². The number of aldehydes is 1. The van der Waals surface area contributed by atoms with Crippen LogP contribution in [0.2, 0.25) is 0 Å². The van der Waals surface area contributed by atoms with Crippen molar-refractivity contribution in [1.29, 1.82) is 0 Å². The predicted octanol–water partition coefficient (Wildman–Crippen LogP) is 4.92. The molecule has 0 aliphatic heterocycles. The molecule has 0 N–H and O–H groups in total. The van der Waals surface area contributed by atoms with Crippen LogP contribution in [0.25, 0.3) is 0 Å². The van der Waals surface area contributed by atoms with E-state index in [1.165, 1.54) is 11.1 Å². The Kier molecular flexibility index (Phi) is 4.42. The summed E-state index contributed by atoms with van der Waals surface area (Å²) in [4.78, 5) is 10.8. The third-order valence-corrected chi connectivity index (χ3v) is 3.87. The molecule has 0 aliphatic rings. The minimum atomic E-state index is -0.221. The third-order valence-electron chi connectivity index (χ3n) is 3.13. The number of benzene rings is 1. The highest BCUT2D eigenvalue weighted by atomic mass is 79.9. The first-order chi connectivity index (χ1) is 8.05. The summed E-state index contributed by atoms with van der Waals surface area (Å²) in [5, 5.41) is 0. The first-order valence-electron chi connectivity index (χ1n) is 6.31. The second-order valence-electron chi connectivity index (χ2n) is 6.88. The minimum absolute atomic E-state index is 0.0889. The first-order valence-corrected chi connectivity index (χ1v) is 7.22. The van der Waals surface area contributed by atoms with Crippen LogP contribution >= 0.6 is 15.9 Å². The van der Waals surface area contributed by atoms with Gasteiger partial charge in [0.15, 0.2) is 0 Å². The van der Waals surface area contributed by atoms with Crippen LogP contribution in [0.1, 0.15) is 63.1 Å². The number of carbonyl (C=O) groups is 1. The molecule has 0 fully saturated rings. The van der Waals surface area contributed by atoms with Gasteiger partial charge in [0.25, 0.3) is 0 Å². The van der Waals surface area contributed by atoms with E-state index in [0.29, 0.717) is 0 Å². The van der Waals surface area contributed by atoms with Crippen molar-refractivity contribution in [2.75, 3.05) is 0 Å². The fourth-order valence-corrected chi connectivity index (χ4v) is 2.02. The molecule has 1 aromatic rings. The molecule has 0 heterocycles. The molecule has 0 amide bonds. The molecule has 1 atom stereocenters. The van der Waals surface area contributed by atoms with Crippen molar-refractivity contribution in [3.8, 4) is 0 Å². The third kappa shape index (κ3) is 3.68. The Bertz CT molecular complexity index is 403. The summed E-state index contributed by atoms with van der Waals surface area (Å²) < 4.78 is 0. The summed E-state index contributed by atoms with van der Waals surface area (Å²) in [6.07, 6.45) is 0.939. The van der Waals surface area contributed by atoms with Crippen molar-refractivity contribution in [3.63, 3.8) is 0 Å². The molecule has 0 aromatic heterocycles. The van der Waals surface area contributed by atoms with E-state index in [-0.39, 0.29) is 15.7 Å². The molecule has 1 unspecified atom stereocenters. The van der Waals surface area contributed by atoms with Crippen molar-refractivity contribution in [2.45, 2.75) is 57.2 Å². The number of carbonyl (C=O) groups excluding carboxylic acids is 1. The van der Waals surface area contributed by atoms with Crippen LogP contribution in [0.5, 0.6) is 0 Å². The average Bonchev–Trinajstić information content (AvgIpc) is 2.25. The fraction of sp³-hybridized carbons (Fsp3) is 0.562. The number of halogens is 1. The summed E-state index contributed by atoms with van der Waals surface area (Å²) in [5.41, 5.74) is 3.77. The summed E-state index contributed by atoms with van der Waals surface area (Å²) in [5.74, 6) is 0. The highest BCUT2D eigenvalue weighted by molar-refractivity contribution is 9.09. The van der Waals surface area contributed by atoms with Gasteiger partial charge >= 0.3 is 0 Å². The molecule has 0 radical (unpaired) electrons. The zero-order valence-electron chi connectivity index (χ0n) is 12.2. The van der Waals surface area contributed by atoms with Crippen molar-refractivity contribution in [2.24, 2.45) is 0 Å². The molecule has 0 saturated carbocycles. The van der Waals surface area contributed by atoms with Crippen LogP contribution in [0.4, 0.5) is 0 Å². The molecule has 1 aromatic carbocycles. The van der Waals surface area contributed by atoms with Gasteiger partial charge in [-0.15, -0.1) is 0 Å². The Morgan fingerprint density at radius 3 is 1.61 bits per heavy atom. The number of hydrogen-bond acceptors (Lipinski definition) is 1. The van der Waals surface area contributed by atoms with Crippen molar-refractivity contribution >= 4 is 22.2 Å². The van der Waals surface area contributed by atoms with Gasteiger partial charge in [0.2, 0.25) is 0 Å². The molecule has 18 heavy (non-hydrogen) atoms. The largest absolute Gasteiger partial charge is 0.302 e. The van der Waals surface area contributed by atoms with Gasteiger partial charge < -0.3 is 4.79 Å². The Morgan fingerprint density at radius 2 is 1.33 bits per heavy atom. The molecule has 0 saturated heterocycles. The van der Waals surface area contributed by atoms with E-state index in [0.717, 1.165) is 11.8 Å². The van der Waals surface area contributed by atoms with Crippen LogP contribution < -0.4 is 0 Å². The maximum absolute atomic E-state index is 11.0. The first kappa shape index (κ1) is 15.4. The number of rotatable bonds is 2. The molecular weight excluding hydrogens is 288 g/mol. The summed E-state index contributed by atoms with van der Waals surface area (Å²) in [6.45, 7) is 13.2. The zero-order valence-corrected chi connectivity index (χ0v) is 13.8. The quantitative estimate of drug-likeness (QED) is 0.560. The number of hydrogen-bond donors (Lipinski definition) is 0. The van der Waals surface area contributed by atoms with E-state index < -0.39 is 0 Å². The maximum atomic E-state index is 11.0. The fourth-order valence-electron chi connectivity index (χ4n) is 1.76. The Balaban J connectivity index is 3.43. The van der Waals surface area contributed by atoms with Crippen LogP contribution in [0, 0.1) is 0 Å². The van der Waals surface area contributed by atoms with E-state index >= 15 is 0 Å². The average molecular weight is 311 g/mol. The van der Waals surface area contributed by atoms with Crippen LogP contribution in [0.3, 0.4) is 0 Å². The van der Waals surface area contributed by atoms with E-state index in [9.17, 15) is 4.79 Å². The molecule has 0 bridgehead atoms. The van der Waals surface area contributed by atoms with Gasteiger partial charge in [-0.25, -0.2) is 0 Å². The highest BCUT2D eigenvalue weighted by Gasteiger charge is 2.21. The lowest BCUT2D eigenvalue weighted by Gasteiger charge is -2.26. The lowest BCUT2D eigenvalue weighted by atomic mass is 9.79. The summed E-state index contributed by atoms with van der Waals surface area (Å²) in [7, 11) is 0. The maximum Gasteiger partial charge on any atom is 0.138 e. The summed E-state index contributed by atoms with van der Waals surface area (Å²) in [6, 6.07) is 6.51. The van der Waals surface area contributed by atoms with E-state index in [4.69, 9.17) is 0 Å². The molecule has 1 rings (SSSR count). The monoisotopic (exact) mass is 310 g/mol. The van der Waals surface area contributed by atoms with Crippen LogP contribution in [-0.2, 0) is 15.6 Å². The van der Waals surface area contributed by atoms with E-state index in [1.807, 2.05) is 0 Å². The van der Waals surface area contributed by atoms with Crippen LogP contribution in [0.15, 0.2) is 18.2 Å². The van der Waals surface area contributed by atoms with E-state index in [1.54, 1.807) is 0 Å².